The van der Waals surface area contributed by atoms with Crippen LogP contribution in [0.25, 0.3) is 0 Å². The maximum Gasteiger partial charge on any atom is 0.342 e. The standard InChI is InChI=1S/C22H28N4O4S/c1-8-22(5,6)25-13-17(30-18(27)15-9-11-16(29-7)12-10-15)26(28,14-25)20-24-23-19(31-20)21(2,3)4/h1,9-12,17H,13-14H2,2-7H3. The van der Waals surface area contributed by atoms with Gasteiger partial charge in [-0.05, 0) is 49.4 Å². The summed E-state index contributed by atoms with van der Waals surface area (Å²) in [7, 11) is 1.55. The first-order chi connectivity index (χ1) is 14.4. The van der Waals surface area contributed by atoms with Gasteiger partial charge in [0.05, 0.1) is 24.8 Å². The van der Waals surface area contributed by atoms with Crippen LogP contribution in [0.2, 0.25) is 0 Å². The first-order valence-electron chi connectivity index (χ1n) is 9.92. The van der Waals surface area contributed by atoms with Crippen LogP contribution in [0, 0.1) is 17.6 Å². The Labute approximate surface area is 187 Å². The van der Waals surface area contributed by atoms with E-state index in [1.54, 1.807) is 31.4 Å². The fraction of sp³-hybridized carbons (Fsp3) is 0.500. The molecule has 0 radical (unpaired) electrons. The minimum absolute atomic E-state index is 0.0105. The first-order valence-corrected chi connectivity index (χ1v) is 10.7. The highest BCUT2D eigenvalue weighted by molar-refractivity contribution is 7.15. The van der Waals surface area contributed by atoms with Crippen molar-refractivity contribution in [3.05, 3.63) is 40.0 Å². The molecule has 0 amide bonds. The van der Waals surface area contributed by atoms with E-state index in [-0.39, 0.29) is 23.8 Å². The van der Waals surface area contributed by atoms with Crippen LogP contribution < -0.4 is 9.38 Å². The monoisotopic (exact) mass is 444 g/mol. The number of carbonyl (C=O) groups is 1. The Kier molecular flexibility index (Phi) is 6.13. The number of rotatable bonds is 5. The van der Waals surface area contributed by atoms with Crippen molar-refractivity contribution < 1.29 is 14.3 Å². The van der Waals surface area contributed by atoms with Gasteiger partial charge in [-0.25, -0.2) is 9.69 Å². The summed E-state index contributed by atoms with van der Waals surface area (Å²) in [6, 6.07) is 6.53. The lowest BCUT2D eigenvalue weighted by Gasteiger charge is -2.39. The third-order valence-corrected chi connectivity index (χ3v) is 6.78. The summed E-state index contributed by atoms with van der Waals surface area (Å²) in [6.07, 6.45) is 4.67. The Morgan fingerprint density at radius 3 is 2.42 bits per heavy atom. The number of aromatic nitrogens is 2. The van der Waals surface area contributed by atoms with Crippen molar-refractivity contribution in [3.8, 4) is 18.1 Å². The summed E-state index contributed by atoms with van der Waals surface area (Å²) >= 11 is 1.24. The van der Waals surface area contributed by atoms with Crippen LogP contribution in [-0.2, 0) is 10.2 Å². The van der Waals surface area contributed by atoms with Gasteiger partial charge in [0.2, 0.25) is 0 Å². The summed E-state index contributed by atoms with van der Waals surface area (Å²) in [6.45, 7) is 9.92. The largest absolute Gasteiger partial charge is 0.622 e. The molecule has 0 aliphatic carbocycles. The minimum Gasteiger partial charge on any atom is -0.622 e. The Morgan fingerprint density at radius 2 is 1.90 bits per heavy atom. The summed E-state index contributed by atoms with van der Waals surface area (Å²) < 4.78 is 9.89. The van der Waals surface area contributed by atoms with Crippen molar-refractivity contribution in [1.29, 1.82) is 0 Å². The lowest BCUT2D eigenvalue weighted by Crippen LogP contribution is -2.51. The number of ether oxygens (including phenoxy) is 2. The summed E-state index contributed by atoms with van der Waals surface area (Å²) in [5.74, 6) is 2.74. The quantitative estimate of drug-likeness (QED) is 0.302. The fourth-order valence-electron chi connectivity index (χ4n) is 3.12. The summed E-state index contributed by atoms with van der Waals surface area (Å²) in [4.78, 5) is 14.6. The molecule has 0 N–H and O–H groups in total. The number of benzene rings is 1. The van der Waals surface area contributed by atoms with Gasteiger partial charge in [0.15, 0.2) is 0 Å². The number of hydrogen-bond acceptors (Lipinski definition) is 8. The number of nitrogens with zero attached hydrogens (tertiary/aromatic N) is 4. The van der Waals surface area contributed by atoms with E-state index >= 15 is 0 Å². The number of hydroxylamine groups is 2. The Morgan fingerprint density at radius 1 is 1.26 bits per heavy atom. The maximum absolute atomic E-state index is 14.1. The van der Waals surface area contributed by atoms with Crippen LogP contribution in [0.3, 0.4) is 0 Å². The van der Waals surface area contributed by atoms with E-state index in [9.17, 15) is 10.0 Å². The molecule has 0 spiro atoms. The number of hydrogen-bond donors (Lipinski definition) is 0. The van der Waals surface area contributed by atoms with Crippen molar-refractivity contribution in [3.63, 3.8) is 0 Å². The molecule has 2 atom stereocenters. The van der Waals surface area contributed by atoms with Crippen LogP contribution in [-0.4, -0.2) is 53.2 Å². The molecule has 2 aromatic rings. The Balaban J connectivity index is 1.93. The molecular weight excluding hydrogens is 416 g/mol. The predicted octanol–water partition coefficient (Wildman–Crippen LogP) is 3.52. The SMILES string of the molecule is C#CC(C)(C)N1CC(OC(=O)c2ccc(OC)cc2)[N+]([O-])(c2nnc(C(C)(C)C)s2)C1. The normalized spacial score (nSPS) is 22.2. The van der Waals surface area contributed by atoms with Gasteiger partial charge in [0.25, 0.3) is 6.23 Å². The molecule has 1 aromatic heterocycles. The molecule has 0 saturated carbocycles. The van der Waals surface area contributed by atoms with Crippen LogP contribution in [0.4, 0.5) is 5.13 Å². The van der Waals surface area contributed by atoms with Crippen LogP contribution in [0.1, 0.15) is 50.0 Å². The van der Waals surface area contributed by atoms with E-state index in [0.717, 1.165) is 5.01 Å². The molecule has 1 fully saturated rings. The Hall–Kier alpha value is -2.51. The molecule has 2 unspecified atom stereocenters. The third-order valence-electron chi connectivity index (χ3n) is 5.31. The lowest BCUT2D eigenvalue weighted by molar-refractivity contribution is 0.00520. The van der Waals surface area contributed by atoms with Crippen molar-refractivity contribution in [2.45, 2.75) is 51.8 Å². The van der Waals surface area contributed by atoms with Gasteiger partial charge in [-0.15, -0.1) is 11.5 Å². The van der Waals surface area contributed by atoms with Crippen molar-refractivity contribution in [2.24, 2.45) is 0 Å². The van der Waals surface area contributed by atoms with E-state index in [1.807, 2.05) is 39.5 Å². The number of methoxy groups -OCH3 is 1. The van der Waals surface area contributed by atoms with Gasteiger partial charge in [-0.3, -0.25) is 4.65 Å². The second kappa shape index (κ2) is 8.20. The number of quaternary nitrogens is 1. The highest BCUT2D eigenvalue weighted by Crippen LogP contribution is 2.39. The number of carbonyl (C=O) groups excluding carboxylic acids is 1. The van der Waals surface area contributed by atoms with E-state index in [0.29, 0.717) is 11.3 Å². The molecule has 8 nitrogen and oxygen atoms in total. The van der Waals surface area contributed by atoms with Crippen molar-refractivity contribution in [1.82, 2.24) is 19.7 Å². The summed E-state index contributed by atoms with van der Waals surface area (Å²) in [5.41, 5.74) is -0.608. The third kappa shape index (κ3) is 4.57. The van der Waals surface area contributed by atoms with Crippen LogP contribution in [0.15, 0.2) is 24.3 Å². The molecule has 1 aliphatic rings. The molecule has 166 valence electrons. The molecule has 0 bridgehead atoms. The Bertz CT molecular complexity index is 990. The zero-order valence-electron chi connectivity index (χ0n) is 18.7. The molecular formula is C22H28N4O4S. The second-order valence-electron chi connectivity index (χ2n) is 9.09. The van der Waals surface area contributed by atoms with Crippen molar-refractivity contribution >= 4 is 22.4 Å². The van der Waals surface area contributed by atoms with Gasteiger partial charge >= 0.3 is 11.1 Å². The first kappa shape index (κ1) is 23.2. The molecule has 9 heteroatoms. The maximum atomic E-state index is 14.1. The molecule has 1 aromatic carbocycles. The van der Waals surface area contributed by atoms with E-state index in [1.165, 1.54) is 11.3 Å². The number of esters is 1. The van der Waals surface area contributed by atoms with Gasteiger partial charge < -0.3 is 14.7 Å². The summed E-state index contributed by atoms with van der Waals surface area (Å²) in [5, 5.41) is 23.4. The van der Waals surface area contributed by atoms with E-state index < -0.39 is 22.4 Å². The smallest absolute Gasteiger partial charge is 0.342 e. The fourth-order valence-corrected chi connectivity index (χ4v) is 4.09. The highest BCUT2D eigenvalue weighted by Gasteiger charge is 2.50. The van der Waals surface area contributed by atoms with E-state index in [2.05, 4.69) is 16.1 Å². The second-order valence-corrected chi connectivity index (χ2v) is 10.0. The molecule has 1 aliphatic heterocycles. The molecule has 31 heavy (non-hydrogen) atoms. The van der Waals surface area contributed by atoms with E-state index in [4.69, 9.17) is 15.9 Å². The molecule has 3 rings (SSSR count). The zero-order chi connectivity index (χ0) is 23.0. The average Bonchev–Trinajstić information content (AvgIpc) is 3.35. The average molecular weight is 445 g/mol. The van der Waals surface area contributed by atoms with Gasteiger partial charge in [-0.2, -0.15) is 0 Å². The van der Waals surface area contributed by atoms with Gasteiger partial charge in [-0.1, -0.05) is 31.8 Å². The van der Waals surface area contributed by atoms with Gasteiger partial charge in [0.1, 0.15) is 17.4 Å². The lowest BCUT2D eigenvalue weighted by atomic mass is 9.98. The molecule has 2 heterocycles. The predicted molar refractivity (Wildman–Crippen MR) is 120 cm³/mol. The molecule has 1 saturated heterocycles. The topological polar surface area (TPSA) is 87.6 Å². The van der Waals surface area contributed by atoms with Crippen LogP contribution >= 0.6 is 11.3 Å². The van der Waals surface area contributed by atoms with Crippen LogP contribution in [0.5, 0.6) is 5.75 Å². The van der Waals surface area contributed by atoms with Gasteiger partial charge in [0, 0.05) is 5.41 Å². The highest BCUT2D eigenvalue weighted by atomic mass is 32.1. The zero-order valence-corrected chi connectivity index (χ0v) is 19.5. The van der Waals surface area contributed by atoms with Crippen molar-refractivity contribution in [2.75, 3.05) is 20.3 Å². The number of terminal acetylenes is 1. The minimum atomic E-state index is -1.03.